The number of nitrogens with zero attached hydrogens (tertiary/aromatic N) is 1. The second kappa shape index (κ2) is 7.56. The van der Waals surface area contributed by atoms with E-state index < -0.39 is 22.7 Å². The van der Waals surface area contributed by atoms with Gasteiger partial charge in [0.05, 0.1) is 11.1 Å². The predicted molar refractivity (Wildman–Crippen MR) is 108 cm³/mol. The van der Waals surface area contributed by atoms with Crippen molar-refractivity contribution in [1.29, 1.82) is 0 Å². The lowest BCUT2D eigenvalue weighted by Gasteiger charge is -2.25. The summed E-state index contributed by atoms with van der Waals surface area (Å²) in [7, 11) is 0. The van der Waals surface area contributed by atoms with Crippen molar-refractivity contribution in [2.75, 3.05) is 5.32 Å². The minimum Gasteiger partial charge on any atom is -0.319 e. The molecule has 144 valence electrons. The zero-order valence-electron chi connectivity index (χ0n) is 15.7. The quantitative estimate of drug-likeness (QED) is 0.655. The van der Waals surface area contributed by atoms with Crippen LogP contribution in [0.5, 0.6) is 0 Å². The molecule has 3 rings (SSSR count). The highest BCUT2D eigenvalue weighted by molar-refractivity contribution is 6.41. The summed E-state index contributed by atoms with van der Waals surface area (Å²) in [4.78, 5) is 36.6. The molecular weight excluding hydrogens is 380 g/mol. The molecular formula is C21H19ClN2O4. The Morgan fingerprint density at radius 2 is 1.86 bits per heavy atom. The van der Waals surface area contributed by atoms with Crippen LogP contribution < -0.4 is 10.9 Å². The summed E-state index contributed by atoms with van der Waals surface area (Å²) in [6, 6.07) is 11.9. The Labute approximate surface area is 166 Å². The number of halogens is 1. The number of hydrogen-bond donors (Lipinski definition) is 1. The van der Waals surface area contributed by atoms with Gasteiger partial charge in [-0.15, -0.1) is 0 Å². The Balaban J connectivity index is 1.78. The third-order valence-electron chi connectivity index (χ3n) is 4.61. The second-order valence-corrected chi connectivity index (χ2v) is 7.64. The van der Waals surface area contributed by atoms with E-state index in [1.54, 1.807) is 25.1 Å². The molecule has 1 amide bonds. The van der Waals surface area contributed by atoms with E-state index in [4.69, 9.17) is 11.6 Å². The summed E-state index contributed by atoms with van der Waals surface area (Å²) in [5.74, 6) is -1.29. The van der Waals surface area contributed by atoms with Crippen molar-refractivity contribution >= 4 is 39.8 Å². The Bertz CT molecular complexity index is 1130. The van der Waals surface area contributed by atoms with Gasteiger partial charge in [-0.1, -0.05) is 48.8 Å². The van der Waals surface area contributed by atoms with E-state index in [1.807, 2.05) is 32.0 Å². The van der Waals surface area contributed by atoms with Gasteiger partial charge in [-0.25, -0.2) is 4.79 Å². The zero-order chi connectivity index (χ0) is 20.5. The smallest absolute Gasteiger partial charge is 0.319 e. The van der Waals surface area contributed by atoms with Crippen molar-refractivity contribution in [2.24, 2.45) is 0 Å². The van der Waals surface area contributed by atoms with E-state index >= 15 is 0 Å². The molecule has 28 heavy (non-hydrogen) atoms. The normalized spacial score (nSPS) is 11.4. The molecule has 0 fully saturated rings. The number of nitrogens with one attached hydrogen (secondary N) is 1. The maximum absolute atomic E-state index is 12.5. The van der Waals surface area contributed by atoms with Gasteiger partial charge < -0.3 is 9.84 Å². The van der Waals surface area contributed by atoms with Crippen LogP contribution in [-0.4, -0.2) is 16.8 Å². The molecule has 1 aromatic heterocycles. The fourth-order valence-electron chi connectivity index (χ4n) is 3.10. The Morgan fingerprint density at radius 3 is 2.57 bits per heavy atom. The van der Waals surface area contributed by atoms with Crippen molar-refractivity contribution in [2.45, 2.75) is 32.6 Å². The SMILES string of the molecule is Cc1noc(=O)c2ccc(NC(=O)C(=O)CC(C)(C)c3ccccc3Cl)cc12. The fourth-order valence-corrected chi connectivity index (χ4v) is 3.49. The van der Waals surface area contributed by atoms with E-state index in [2.05, 4.69) is 15.0 Å². The Kier molecular flexibility index (Phi) is 5.34. The number of aromatic nitrogens is 1. The minimum atomic E-state index is -0.729. The maximum Gasteiger partial charge on any atom is 0.366 e. The molecule has 0 bridgehead atoms. The number of anilines is 1. The van der Waals surface area contributed by atoms with Gasteiger partial charge in [0.15, 0.2) is 0 Å². The van der Waals surface area contributed by atoms with Gasteiger partial charge in [0, 0.05) is 22.5 Å². The lowest BCUT2D eigenvalue weighted by atomic mass is 9.80. The highest BCUT2D eigenvalue weighted by atomic mass is 35.5. The molecule has 0 aliphatic rings. The van der Waals surface area contributed by atoms with E-state index in [0.29, 0.717) is 27.2 Å². The summed E-state index contributed by atoms with van der Waals surface area (Å²) in [6.45, 7) is 5.42. The second-order valence-electron chi connectivity index (χ2n) is 7.23. The van der Waals surface area contributed by atoms with Gasteiger partial charge in [-0.05, 0) is 42.2 Å². The highest BCUT2D eigenvalue weighted by Crippen LogP contribution is 2.32. The van der Waals surface area contributed by atoms with Crippen molar-refractivity contribution in [3.8, 4) is 0 Å². The summed E-state index contributed by atoms with van der Waals surface area (Å²) in [5, 5.41) is 7.72. The number of rotatable bonds is 5. The van der Waals surface area contributed by atoms with Crippen LogP contribution in [0, 0.1) is 6.92 Å². The molecule has 0 spiro atoms. The number of aryl methyl sites for hydroxylation is 1. The first-order valence-electron chi connectivity index (χ1n) is 8.68. The largest absolute Gasteiger partial charge is 0.366 e. The lowest BCUT2D eigenvalue weighted by molar-refractivity contribution is -0.135. The van der Waals surface area contributed by atoms with Crippen molar-refractivity contribution in [3.05, 3.63) is 69.2 Å². The van der Waals surface area contributed by atoms with Crippen molar-refractivity contribution < 1.29 is 14.1 Å². The Morgan fingerprint density at radius 1 is 1.14 bits per heavy atom. The molecule has 0 saturated carbocycles. The topological polar surface area (TPSA) is 89.3 Å². The van der Waals surface area contributed by atoms with Crippen molar-refractivity contribution in [1.82, 2.24) is 5.16 Å². The first-order valence-corrected chi connectivity index (χ1v) is 9.06. The molecule has 1 N–H and O–H groups in total. The Hall–Kier alpha value is -2.99. The van der Waals surface area contributed by atoms with Crippen LogP contribution >= 0.6 is 11.6 Å². The average molecular weight is 399 g/mol. The number of carbonyl (C=O) groups is 2. The third kappa shape index (κ3) is 3.97. The van der Waals surface area contributed by atoms with E-state index in [0.717, 1.165) is 5.56 Å². The van der Waals surface area contributed by atoms with Crippen LogP contribution in [-0.2, 0) is 15.0 Å². The molecule has 7 heteroatoms. The van der Waals surface area contributed by atoms with Crippen LogP contribution in [0.4, 0.5) is 5.69 Å². The van der Waals surface area contributed by atoms with Crippen LogP contribution in [0.3, 0.4) is 0 Å². The summed E-state index contributed by atoms with van der Waals surface area (Å²) < 4.78 is 4.68. The molecule has 2 aromatic carbocycles. The molecule has 1 heterocycles. The average Bonchev–Trinajstić information content (AvgIpc) is 2.64. The minimum absolute atomic E-state index is 0.000317. The van der Waals surface area contributed by atoms with Gasteiger partial charge in [-0.3, -0.25) is 9.59 Å². The number of ketones is 1. The standard InChI is InChI=1S/C21H19ClN2O4/c1-12-15-10-13(8-9-14(15)20(27)28-24-12)23-19(26)18(25)11-21(2,3)16-6-4-5-7-17(16)22/h4-10H,11H2,1-3H3,(H,23,26). The first-order chi connectivity index (χ1) is 13.2. The van der Waals surface area contributed by atoms with Crippen LogP contribution in [0.2, 0.25) is 5.02 Å². The number of fused-ring (bicyclic) bond motifs is 1. The number of amides is 1. The number of Topliss-reactive ketones (excluding diaryl/α,β-unsaturated/α-hetero) is 1. The molecule has 0 aliphatic carbocycles. The summed E-state index contributed by atoms with van der Waals surface area (Å²) in [6.07, 6.45) is 0.000317. The molecule has 3 aromatic rings. The van der Waals surface area contributed by atoms with Gasteiger partial charge in [0.25, 0.3) is 5.91 Å². The molecule has 0 aliphatic heterocycles. The zero-order valence-corrected chi connectivity index (χ0v) is 16.5. The summed E-state index contributed by atoms with van der Waals surface area (Å²) >= 11 is 6.23. The molecule has 0 saturated heterocycles. The van der Waals surface area contributed by atoms with E-state index in [1.165, 1.54) is 6.07 Å². The highest BCUT2D eigenvalue weighted by Gasteiger charge is 2.29. The molecule has 0 radical (unpaired) electrons. The predicted octanol–water partition coefficient (Wildman–Crippen LogP) is 4.03. The summed E-state index contributed by atoms with van der Waals surface area (Å²) in [5.41, 5.74) is 0.553. The van der Waals surface area contributed by atoms with Gasteiger partial charge >= 0.3 is 5.63 Å². The van der Waals surface area contributed by atoms with E-state index in [9.17, 15) is 14.4 Å². The van der Waals surface area contributed by atoms with E-state index in [-0.39, 0.29) is 6.42 Å². The lowest BCUT2D eigenvalue weighted by Crippen LogP contribution is -2.30. The van der Waals surface area contributed by atoms with Gasteiger partial charge in [0.1, 0.15) is 0 Å². The van der Waals surface area contributed by atoms with Gasteiger partial charge in [0.2, 0.25) is 5.78 Å². The van der Waals surface area contributed by atoms with Gasteiger partial charge in [-0.2, -0.15) is 0 Å². The van der Waals surface area contributed by atoms with Crippen LogP contribution in [0.25, 0.3) is 10.8 Å². The van der Waals surface area contributed by atoms with Crippen molar-refractivity contribution in [3.63, 3.8) is 0 Å². The first kappa shape index (κ1) is 19.8. The number of hydrogen-bond acceptors (Lipinski definition) is 5. The molecule has 6 nitrogen and oxygen atoms in total. The van der Waals surface area contributed by atoms with Crippen LogP contribution in [0.1, 0.15) is 31.5 Å². The molecule has 0 atom stereocenters. The molecule has 0 unspecified atom stereocenters. The maximum atomic E-state index is 12.5. The third-order valence-corrected chi connectivity index (χ3v) is 4.94. The number of carbonyl (C=O) groups excluding carboxylic acids is 2. The monoisotopic (exact) mass is 398 g/mol. The van der Waals surface area contributed by atoms with Crippen LogP contribution in [0.15, 0.2) is 51.8 Å². The fraction of sp³-hybridized carbons (Fsp3) is 0.238. The number of benzene rings is 2.